The quantitative estimate of drug-likeness (QED) is 0.255. The van der Waals surface area contributed by atoms with Gasteiger partial charge in [0.1, 0.15) is 5.82 Å². The van der Waals surface area contributed by atoms with Crippen molar-refractivity contribution in [3.63, 3.8) is 0 Å². The van der Waals surface area contributed by atoms with Crippen LogP contribution >= 0.6 is 0 Å². The Hall–Kier alpha value is -4.12. The number of anilines is 2. The van der Waals surface area contributed by atoms with E-state index in [0.717, 1.165) is 52.3 Å². The van der Waals surface area contributed by atoms with E-state index in [2.05, 4.69) is 92.3 Å². The summed E-state index contributed by atoms with van der Waals surface area (Å²) < 4.78 is 0. The van der Waals surface area contributed by atoms with Crippen molar-refractivity contribution < 1.29 is 4.79 Å². The summed E-state index contributed by atoms with van der Waals surface area (Å²) in [5.41, 5.74) is 6.43. The number of hydrogen-bond donors (Lipinski definition) is 2. The first-order valence-electron chi connectivity index (χ1n) is 13.0. The van der Waals surface area contributed by atoms with Gasteiger partial charge < -0.3 is 15.2 Å². The molecular weight excluding hydrogens is 456 g/mol. The van der Waals surface area contributed by atoms with E-state index < -0.39 is 0 Å². The molecule has 0 unspecified atom stereocenters. The minimum absolute atomic E-state index is 0.0394. The van der Waals surface area contributed by atoms with Gasteiger partial charge in [-0.3, -0.25) is 4.79 Å². The molecule has 0 bridgehead atoms. The molecule has 4 aromatic carbocycles. The van der Waals surface area contributed by atoms with Crippen molar-refractivity contribution in [2.24, 2.45) is 0 Å². The molecule has 5 aromatic rings. The molecule has 1 aromatic heterocycles. The average Bonchev–Trinajstić information content (AvgIpc) is 3.31. The highest BCUT2D eigenvalue weighted by molar-refractivity contribution is 6.07. The summed E-state index contributed by atoms with van der Waals surface area (Å²) in [6.45, 7) is 12.4. The first-order valence-corrected chi connectivity index (χ1v) is 13.0. The lowest BCUT2D eigenvalue weighted by Gasteiger charge is -2.24. The summed E-state index contributed by atoms with van der Waals surface area (Å²) in [7, 11) is 0. The molecule has 0 saturated carbocycles. The average molecular weight is 491 g/mol. The van der Waals surface area contributed by atoms with Crippen LogP contribution in [0, 0.1) is 0 Å². The zero-order chi connectivity index (χ0) is 26.2. The fourth-order valence-corrected chi connectivity index (χ4v) is 4.85. The summed E-state index contributed by atoms with van der Waals surface area (Å²) in [5.74, 6) is 0.691. The monoisotopic (exact) mass is 490 g/mol. The molecule has 188 valence electrons. The van der Waals surface area contributed by atoms with Crippen molar-refractivity contribution in [3.8, 4) is 11.4 Å². The molecule has 0 radical (unpaired) electrons. The number of rotatable bonds is 6. The van der Waals surface area contributed by atoms with E-state index in [1.807, 2.05) is 36.4 Å². The van der Waals surface area contributed by atoms with Gasteiger partial charge in [-0.05, 0) is 59.9 Å². The number of nitrogens with zero attached hydrogens (tertiary/aromatic N) is 2. The van der Waals surface area contributed by atoms with Crippen molar-refractivity contribution in [1.29, 1.82) is 0 Å². The number of nitrogens with one attached hydrogen (secondary N) is 2. The number of hydrogen-bond acceptors (Lipinski definition) is 3. The minimum atomic E-state index is -0.127. The molecule has 0 spiro atoms. The van der Waals surface area contributed by atoms with E-state index in [4.69, 9.17) is 4.98 Å². The number of H-pyrrole nitrogens is 1. The maximum Gasteiger partial charge on any atom is 0.255 e. The molecule has 0 fully saturated rings. The van der Waals surface area contributed by atoms with E-state index in [0.29, 0.717) is 5.56 Å². The van der Waals surface area contributed by atoms with Gasteiger partial charge in [-0.25, -0.2) is 4.98 Å². The van der Waals surface area contributed by atoms with E-state index in [1.165, 1.54) is 10.9 Å². The molecule has 0 aliphatic heterocycles. The molecule has 37 heavy (non-hydrogen) atoms. The molecule has 5 nitrogen and oxygen atoms in total. The van der Waals surface area contributed by atoms with Gasteiger partial charge in [0, 0.05) is 24.2 Å². The highest BCUT2D eigenvalue weighted by Gasteiger charge is 2.18. The van der Waals surface area contributed by atoms with Crippen LogP contribution in [0.1, 0.15) is 50.5 Å². The third-order valence-electron chi connectivity index (χ3n) is 7.01. The Morgan fingerprint density at radius 3 is 2.32 bits per heavy atom. The van der Waals surface area contributed by atoms with Gasteiger partial charge in [0.15, 0.2) is 0 Å². The smallest absolute Gasteiger partial charge is 0.255 e. The van der Waals surface area contributed by atoms with Crippen LogP contribution in [0.4, 0.5) is 11.4 Å². The maximum atomic E-state index is 13.3. The highest BCUT2D eigenvalue weighted by atomic mass is 16.1. The topological polar surface area (TPSA) is 61.0 Å². The van der Waals surface area contributed by atoms with Crippen LogP contribution < -0.4 is 10.2 Å². The maximum absolute atomic E-state index is 13.3. The van der Waals surface area contributed by atoms with Crippen LogP contribution in [0.2, 0.25) is 0 Å². The molecular formula is C32H34N4O. The zero-order valence-electron chi connectivity index (χ0n) is 22.2. The van der Waals surface area contributed by atoms with Crippen LogP contribution in [0.25, 0.3) is 33.2 Å². The van der Waals surface area contributed by atoms with Crippen LogP contribution in [0.15, 0.2) is 78.9 Å². The Morgan fingerprint density at radius 1 is 0.919 bits per heavy atom. The Bertz CT molecular complexity index is 1570. The number of fused-ring (bicyclic) bond motifs is 2. The molecule has 1 amide bonds. The Kier molecular flexibility index (Phi) is 6.46. The second-order valence-corrected chi connectivity index (χ2v) is 10.5. The SMILES string of the molecule is CCN(CC)c1cc2[nH]c(-c3cccc4ccccc34)nc2cc1NC(=O)c1ccc(C(C)(C)C)cc1. The number of imidazole rings is 1. The third-order valence-corrected chi connectivity index (χ3v) is 7.01. The van der Waals surface area contributed by atoms with Gasteiger partial charge >= 0.3 is 0 Å². The highest BCUT2D eigenvalue weighted by Crippen LogP contribution is 2.34. The molecule has 0 atom stereocenters. The van der Waals surface area contributed by atoms with Gasteiger partial charge in [0.2, 0.25) is 0 Å². The van der Waals surface area contributed by atoms with E-state index in [9.17, 15) is 4.79 Å². The van der Waals surface area contributed by atoms with Gasteiger partial charge in [-0.2, -0.15) is 0 Å². The van der Waals surface area contributed by atoms with E-state index >= 15 is 0 Å². The van der Waals surface area contributed by atoms with Gasteiger partial charge in [-0.1, -0.05) is 75.4 Å². The minimum Gasteiger partial charge on any atom is -0.370 e. The number of aromatic nitrogens is 2. The predicted octanol–water partition coefficient (Wildman–Crippen LogP) is 7.78. The molecule has 2 N–H and O–H groups in total. The third kappa shape index (κ3) is 4.82. The zero-order valence-corrected chi connectivity index (χ0v) is 22.2. The fourth-order valence-electron chi connectivity index (χ4n) is 4.85. The second-order valence-electron chi connectivity index (χ2n) is 10.5. The van der Waals surface area contributed by atoms with Crippen LogP contribution in [0.3, 0.4) is 0 Å². The van der Waals surface area contributed by atoms with E-state index in [-0.39, 0.29) is 11.3 Å². The Labute approximate surface area is 218 Å². The van der Waals surface area contributed by atoms with Gasteiger partial charge in [0.25, 0.3) is 5.91 Å². The van der Waals surface area contributed by atoms with E-state index in [1.54, 1.807) is 0 Å². The summed E-state index contributed by atoms with van der Waals surface area (Å²) in [5, 5.41) is 5.50. The summed E-state index contributed by atoms with van der Waals surface area (Å²) in [4.78, 5) is 24.0. The fraction of sp³-hybridized carbons (Fsp3) is 0.250. The lowest BCUT2D eigenvalue weighted by molar-refractivity contribution is 0.102. The Balaban J connectivity index is 1.55. The first-order chi connectivity index (χ1) is 17.8. The van der Waals surface area contributed by atoms with Crippen LogP contribution in [-0.2, 0) is 5.41 Å². The lowest BCUT2D eigenvalue weighted by Crippen LogP contribution is -2.24. The predicted molar refractivity (Wildman–Crippen MR) is 156 cm³/mol. The van der Waals surface area contributed by atoms with Crippen LogP contribution in [-0.4, -0.2) is 29.0 Å². The number of amides is 1. The molecule has 5 rings (SSSR count). The first kappa shape index (κ1) is 24.6. The number of carbonyl (C=O) groups excluding carboxylic acids is 1. The second kappa shape index (κ2) is 9.74. The van der Waals surface area contributed by atoms with Crippen molar-refractivity contribution >= 4 is 39.1 Å². The van der Waals surface area contributed by atoms with Crippen LogP contribution in [0.5, 0.6) is 0 Å². The summed E-state index contributed by atoms with van der Waals surface area (Å²) >= 11 is 0. The van der Waals surface area contributed by atoms with Gasteiger partial charge in [-0.15, -0.1) is 0 Å². The summed E-state index contributed by atoms with van der Waals surface area (Å²) in [6, 6.07) is 26.6. The number of aromatic amines is 1. The molecule has 1 heterocycles. The molecule has 5 heteroatoms. The Morgan fingerprint density at radius 2 is 1.62 bits per heavy atom. The molecule has 0 aliphatic rings. The van der Waals surface area contributed by atoms with Crippen molar-refractivity contribution in [2.45, 2.75) is 40.0 Å². The lowest BCUT2D eigenvalue weighted by atomic mass is 9.87. The summed E-state index contributed by atoms with van der Waals surface area (Å²) in [6.07, 6.45) is 0. The van der Waals surface area contributed by atoms with Crippen molar-refractivity contribution in [3.05, 3.63) is 90.0 Å². The van der Waals surface area contributed by atoms with Crippen molar-refractivity contribution in [1.82, 2.24) is 9.97 Å². The van der Waals surface area contributed by atoms with Gasteiger partial charge in [0.05, 0.1) is 22.4 Å². The largest absolute Gasteiger partial charge is 0.370 e. The molecule has 0 saturated heterocycles. The normalized spacial score (nSPS) is 11.7. The number of benzene rings is 4. The number of carbonyl (C=O) groups is 1. The molecule has 0 aliphatic carbocycles. The standard InChI is InChI=1S/C32H34N4O/c1-6-36(7-2)29-20-27-26(33-30(34-27)25-14-10-12-21-11-8-9-13-24(21)25)19-28(29)35-31(37)22-15-17-23(18-16-22)32(3,4)5/h8-20H,6-7H2,1-5H3,(H,33,34)(H,35,37). The van der Waals surface area contributed by atoms with Crippen molar-refractivity contribution in [2.75, 3.05) is 23.3 Å².